The number of imidazole rings is 1. The first-order valence-electron chi connectivity index (χ1n) is 11.7. The molecule has 0 aliphatic heterocycles. The van der Waals surface area contributed by atoms with Gasteiger partial charge in [0.15, 0.2) is 0 Å². The first-order valence-corrected chi connectivity index (χ1v) is 13.2. The van der Waals surface area contributed by atoms with Gasteiger partial charge in [-0.25, -0.2) is 13.4 Å². The summed E-state index contributed by atoms with van der Waals surface area (Å²) in [5.74, 6) is 1.49. The van der Waals surface area contributed by atoms with Crippen LogP contribution in [0.15, 0.2) is 77.7 Å². The van der Waals surface area contributed by atoms with Crippen LogP contribution in [0.3, 0.4) is 0 Å². The zero-order valence-corrected chi connectivity index (χ0v) is 19.4. The van der Waals surface area contributed by atoms with Crippen molar-refractivity contribution in [3.8, 4) is 0 Å². The summed E-state index contributed by atoms with van der Waals surface area (Å²) in [5, 5.41) is 0. The number of para-hydroxylation sites is 2. The first-order chi connectivity index (χ1) is 16.1. The van der Waals surface area contributed by atoms with Crippen molar-refractivity contribution in [2.45, 2.75) is 55.8 Å². The Labute approximate surface area is 195 Å². The van der Waals surface area contributed by atoms with Gasteiger partial charge in [0.2, 0.25) is 0 Å². The van der Waals surface area contributed by atoms with E-state index in [1.165, 1.54) is 37.7 Å². The van der Waals surface area contributed by atoms with Crippen molar-refractivity contribution in [3.63, 3.8) is 0 Å². The molecule has 6 heteroatoms. The predicted octanol–water partition coefficient (Wildman–Crippen LogP) is 6.20. The Morgan fingerprint density at radius 3 is 2.45 bits per heavy atom. The number of aromatic nitrogens is 2. The van der Waals surface area contributed by atoms with Crippen LogP contribution in [0.2, 0.25) is 0 Å². The zero-order chi connectivity index (χ0) is 22.7. The molecule has 170 valence electrons. The average molecular weight is 460 g/mol. The maximum Gasteiger partial charge on any atom is 0.261 e. The maximum atomic E-state index is 13.0. The van der Waals surface area contributed by atoms with Crippen molar-refractivity contribution in [1.29, 1.82) is 0 Å². The van der Waals surface area contributed by atoms with E-state index >= 15 is 0 Å². The normalized spacial score (nSPS) is 15.0. The monoisotopic (exact) mass is 459 g/mol. The highest BCUT2D eigenvalue weighted by molar-refractivity contribution is 7.92. The van der Waals surface area contributed by atoms with Crippen LogP contribution in [0.1, 0.15) is 55.0 Å². The zero-order valence-electron chi connectivity index (χ0n) is 18.6. The van der Waals surface area contributed by atoms with Crippen LogP contribution in [0, 0.1) is 0 Å². The smallest absolute Gasteiger partial charge is 0.261 e. The molecule has 33 heavy (non-hydrogen) atoms. The van der Waals surface area contributed by atoms with Gasteiger partial charge in [0.1, 0.15) is 5.82 Å². The highest BCUT2D eigenvalue weighted by Gasteiger charge is 2.18. The number of fused-ring (bicyclic) bond motifs is 1. The number of hydrogen-bond acceptors (Lipinski definition) is 3. The van der Waals surface area contributed by atoms with Crippen molar-refractivity contribution < 1.29 is 8.42 Å². The van der Waals surface area contributed by atoms with Crippen molar-refractivity contribution in [2.24, 2.45) is 0 Å². The molecule has 0 radical (unpaired) electrons. The van der Waals surface area contributed by atoms with Crippen LogP contribution in [-0.2, 0) is 22.9 Å². The lowest BCUT2D eigenvalue weighted by Gasteiger charge is -2.22. The Hall–Kier alpha value is -3.12. The number of sulfonamides is 1. The van der Waals surface area contributed by atoms with Gasteiger partial charge in [0.05, 0.1) is 15.9 Å². The van der Waals surface area contributed by atoms with Crippen LogP contribution in [0.5, 0.6) is 0 Å². The van der Waals surface area contributed by atoms with Crippen molar-refractivity contribution in [2.75, 3.05) is 4.72 Å². The first kappa shape index (κ1) is 21.7. The molecule has 0 spiro atoms. The highest BCUT2D eigenvalue weighted by Crippen LogP contribution is 2.33. The van der Waals surface area contributed by atoms with Gasteiger partial charge in [-0.2, -0.15) is 0 Å². The van der Waals surface area contributed by atoms with E-state index in [2.05, 4.69) is 14.7 Å². The summed E-state index contributed by atoms with van der Waals surface area (Å²) >= 11 is 0. The number of aryl methyl sites for hydroxylation is 2. The van der Waals surface area contributed by atoms with E-state index in [1.807, 2.05) is 54.6 Å². The van der Waals surface area contributed by atoms with E-state index in [-0.39, 0.29) is 0 Å². The lowest BCUT2D eigenvalue weighted by molar-refractivity contribution is 0.443. The summed E-state index contributed by atoms with van der Waals surface area (Å²) in [4.78, 5) is 8.27. The summed E-state index contributed by atoms with van der Waals surface area (Å²) < 4.78 is 28.6. The molecule has 1 fully saturated rings. The Balaban J connectivity index is 1.25. The number of rotatable bonds is 7. The molecule has 1 saturated carbocycles. The minimum absolute atomic E-state index is 0.301. The van der Waals surface area contributed by atoms with Crippen molar-refractivity contribution in [3.05, 3.63) is 89.7 Å². The van der Waals surface area contributed by atoms with Gasteiger partial charge >= 0.3 is 0 Å². The molecule has 0 atom stereocenters. The molecule has 3 aromatic carbocycles. The lowest BCUT2D eigenvalue weighted by atomic mass is 9.84. The molecule has 0 unspecified atom stereocenters. The third-order valence-corrected chi connectivity index (χ3v) is 7.93. The highest BCUT2D eigenvalue weighted by atomic mass is 32.2. The van der Waals surface area contributed by atoms with Crippen molar-refractivity contribution in [1.82, 2.24) is 9.97 Å². The lowest BCUT2D eigenvalue weighted by Crippen LogP contribution is -2.13. The molecule has 1 aromatic heterocycles. The van der Waals surface area contributed by atoms with Gasteiger partial charge < -0.3 is 4.98 Å². The second-order valence-corrected chi connectivity index (χ2v) is 10.6. The number of aromatic amines is 1. The second-order valence-electron chi connectivity index (χ2n) is 8.91. The summed E-state index contributed by atoms with van der Waals surface area (Å²) in [6.45, 7) is 0. The minimum atomic E-state index is -3.63. The SMILES string of the molecule is O=S(=O)(Nc1cccc(CCc2nc3ccccc3[nH]2)c1)c1ccc(C2CCCCC2)cc1. The number of anilines is 1. The standard InChI is InChI=1S/C27H29N3O2S/c31-33(32,24-16-14-22(15-17-24)21-8-2-1-3-9-21)30-23-10-6-7-20(19-23)13-18-27-28-25-11-4-5-12-26(25)29-27/h4-7,10-12,14-17,19,21,30H,1-3,8-9,13,18H2,(H,28,29). The summed E-state index contributed by atoms with van der Waals surface area (Å²) in [7, 11) is -3.63. The van der Waals surface area contributed by atoms with Gasteiger partial charge in [-0.1, -0.05) is 55.7 Å². The molecule has 0 saturated heterocycles. The van der Waals surface area contributed by atoms with Crippen LogP contribution in [0.25, 0.3) is 11.0 Å². The number of benzene rings is 3. The quantitative estimate of drug-likeness (QED) is 0.346. The minimum Gasteiger partial charge on any atom is -0.342 e. The molecule has 1 aliphatic carbocycles. The summed E-state index contributed by atoms with van der Waals surface area (Å²) in [5.41, 5.74) is 4.88. The van der Waals surface area contributed by atoms with Gasteiger partial charge in [-0.05, 0) is 72.7 Å². The molecule has 1 heterocycles. The largest absolute Gasteiger partial charge is 0.342 e. The van der Waals surface area contributed by atoms with E-state index in [0.717, 1.165) is 35.3 Å². The fraction of sp³-hybridized carbons (Fsp3) is 0.296. The summed E-state index contributed by atoms with van der Waals surface area (Å²) in [6.07, 6.45) is 7.76. The fourth-order valence-corrected chi connectivity index (χ4v) is 5.80. The predicted molar refractivity (Wildman–Crippen MR) is 133 cm³/mol. The molecule has 2 N–H and O–H groups in total. The molecule has 4 aromatic rings. The molecule has 1 aliphatic rings. The van der Waals surface area contributed by atoms with Gasteiger partial charge in [0.25, 0.3) is 10.0 Å². The molecule has 5 rings (SSSR count). The molecule has 5 nitrogen and oxygen atoms in total. The fourth-order valence-electron chi connectivity index (χ4n) is 4.75. The molecular weight excluding hydrogens is 430 g/mol. The van der Waals surface area contributed by atoms with Gasteiger partial charge in [-0.15, -0.1) is 0 Å². The number of hydrogen-bond donors (Lipinski definition) is 2. The maximum absolute atomic E-state index is 13.0. The van der Waals surface area contributed by atoms with E-state index in [4.69, 9.17) is 0 Å². The number of nitrogens with zero attached hydrogens (tertiary/aromatic N) is 1. The topological polar surface area (TPSA) is 74.8 Å². The van der Waals surface area contributed by atoms with E-state index < -0.39 is 10.0 Å². The van der Waals surface area contributed by atoms with E-state index in [9.17, 15) is 8.42 Å². The third-order valence-electron chi connectivity index (χ3n) is 6.54. The molecular formula is C27H29N3O2S. The molecule has 0 bridgehead atoms. The van der Waals surface area contributed by atoms with E-state index in [0.29, 0.717) is 16.5 Å². The van der Waals surface area contributed by atoms with Gasteiger partial charge in [0, 0.05) is 12.1 Å². The van der Waals surface area contributed by atoms with Gasteiger partial charge in [-0.3, -0.25) is 4.72 Å². The Morgan fingerprint density at radius 1 is 0.879 bits per heavy atom. The Kier molecular flexibility index (Phi) is 6.18. The van der Waals surface area contributed by atoms with Crippen LogP contribution in [-0.4, -0.2) is 18.4 Å². The van der Waals surface area contributed by atoms with E-state index in [1.54, 1.807) is 18.2 Å². The Morgan fingerprint density at radius 2 is 1.67 bits per heavy atom. The molecule has 0 amide bonds. The second kappa shape index (κ2) is 9.40. The van der Waals surface area contributed by atoms with Crippen LogP contribution in [0.4, 0.5) is 5.69 Å². The number of nitrogens with one attached hydrogen (secondary N) is 2. The van der Waals surface area contributed by atoms with Crippen molar-refractivity contribution >= 4 is 26.7 Å². The average Bonchev–Trinajstić information content (AvgIpc) is 3.27. The summed E-state index contributed by atoms with van der Waals surface area (Å²) in [6, 6.07) is 23.0. The van der Waals surface area contributed by atoms with Crippen LogP contribution >= 0.6 is 0 Å². The Bertz CT molecular complexity index is 1300. The third kappa shape index (κ3) is 5.11. The number of H-pyrrole nitrogens is 1. The van der Waals surface area contributed by atoms with Crippen LogP contribution < -0.4 is 4.72 Å².